The van der Waals surface area contributed by atoms with E-state index in [9.17, 15) is 0 Å². The zero-order valence-corrected chi connectivity index (χ0v) is 7.20. The molecule has 0 aliphatic carbocycles. The molecule has 1 rings (SSSR count). The second-order valence-corrected chi connectivity index (χ2v) is 3.57. The minimum atomic E-state index is 0.105. The number of dihydropyridines is 1. The van der Waals surface area contributed by atoms with Crippen molar-refractivity contribution in [1.29, 1.82) is 0 Å². The van der Waals surface area contributed by atoms with Gasteiger partial charge < -0.3 is 5.32 Å². The first-order chi connectivity index (χ1) is 4.10. The molecule has 0 saturated carbocycles. The maximum Gasteiger partial charge on any atom is 0.0786 e. The summed E-state index contributed by atoms with van der Waals surface area (Å²) < 4.78 is 1.05. The molecular formula is C7H10BrN. The Morgan fingerprint density at radius 1 is 1.56 bits per heavy atom. The molecule has 50 valence electrons. The molecule has 1 heterocycles. The van der Waals surface area contributed by atoms with E-state index in [-0.39, 0.29) is 5.54 Å². The summed E-state index contributed by atoms with van der Waals surface area (Å²) in [5, 5.41) is 3.25. The van der Waals surface area contributed by atoms with Crippen molar-refractivity contribution in [2.24, 2.45) is 0 Å². The van der Waals surface area contributed by atoms with E-state index in [1.165, 1.54) is 0 Å². The van der Waals surface area contributed by atoms with Crippen molar-refractivity contribution >= 4 is 15.9 Å². The van der Waals surface area contributed by atoms with Crippen LogP contribution >= 0.6 is 15.9 Å². The molecule has 0 aromatic heterocycles. The van der Waals surface area contributed by atoms with Crippen molar-refractivity contribution in [2.75, 3.05) is 0 Å². The molecule has 0 spiro atoms. The third-order valence-electron chi connectivity index (χ3n) is 1.20. The van der Waals surface area contributed by atoms with Gasteiger partial charge in [-0.05, 0) is 35.9 Å². The third-order valence-corrected chi connectivity index (χ3v) is 1.66. The van der Waals surface area contributed by atoms with Gasteiger partial charge in [0.2, 0.25) is 0 Å². The Kier molecular flexibility index (Phi) is 1.66. The number of allylic oxidation sites excluding steroid dienone is 2. The summed E-state index contributed by atoms with van der Waals surface area (Å²) in [6.45, 7) is 4.25. The van der Waals surface area contributed by atoms with Gasteiger partial charge in [-0.2, -0.15) is 0 Å². The van der Waals surface area contributed by atoms with Crippen LogP contribution in [0.1, 0.15) is 13.8 Å². The largest absolute Gasteiger partial charge is 0.371 e. The first-order valence-corrected chi connectivity index (χ1v) is 3.73. The van der Waals surface area contributed by atoms with Crippen molar-refractivity contribution in [2.45, 2.75) is 19.4 Å². The van der Waals surface area contributed by atoms with Gasteiger partial charge in [-0.1, -0.05) is 12.2 Å². The van der Waals surface area contributed by atoms with Crippen LogP contribution in [0.2, 0.25) is 0 Å². The van der Waals surface area contributed by atoms with Crippen molar-refractivity contribution < 1.29 is 0 Å². The minimum absolute atomic E-state index is 0.105. The van der Waals surface area contributed by atoms with E-state index >= 15 is 0 Å². The van der Waals surface area contributed by atoms with Crippen molar-refractivity contribution in [3.63, 3.8) is 0 Å². The maximum atomic E-state index is 3.36. The van der Waals surface area contributed by atoms with Crippen LogP contribution in [-0.4, -0.2) is 5.54 Å². The molecule has 0 aromatic rings. The fourth-order valence-corrected chi connectivity index (χ4v) is 1.43. The molecular weight excluding hydrogens is 178 g/mol. The lowest BCUT2D eigenvalue weighted by Crippen LogP contribution is -2.36. The predicted octanol–water partition coefficient (Wildman–Crippen LogP) is 2.16. The van der Waals surface area contributed by atoms with Gasteiger partial charge in [0.1, 0.15) is 0 Å². The standard InChI is InChI=1S/C7H10BrN/c1-7(2)5-3-4-6(8)9-7/h3-5,9H,1-2H3. The van der Waals surface area contributed by atoms with E-state index in [1.807, 2.05) is 12.2 Å². The fourth-order valence-electron chi connectivity index (χ4n) is 0.764. The van der Waals surface area contributed by atoms with Crippen molar-refractivity contribution in [3.8, 4) is 0 Å². The van der Waals surface area contributed by atoms with E-state index in [0.29, 0.717) is 0 Å². The third kappa shape index (κ3) is 1.86. The highest BCUT2D eigenvalue weighted by molar-refractivity contribution is 9.11. The van der Waals surface area contributed by atoms with Gasteiger partial charge in [0, 0.05) is 0 Å². The summed E-state index contributed by atoms with van der Waals surface area (Å²) in [5.74, 6) is 0. The Labute approximate surface area is 64.0 Å². The molecule has 0 fully saturated rings. The van der Waals surface area contributed by atoms with E-state index in [1.54, 1.807) is 0 Å². The van der Waals surface area contributed by atoms with Gasteiger partial charge in [-0.3, -0.25) is 0 Å². The van der Waals surface area contributed by atoms with Gasteiger partial charge in [0.05, 0.1) is 10.1 Å². The Hall–Kier alpha value is -0.240. The molecule has 1 nitrogen and oxygen atoms in total. The highest BCUT2D eigenvalue weighted by Gasteiger charge is 2.14. The van der Waals surface area contributed by atoms with Crippen molar-refractivity contribution in [1.82, 2.24) is 5.32 Å². The Morgan fingerprint density at radius 3 is 2.56 bits per heavy atom. The first-order valence-electron chi connectivity index (χ1n) is 2.93. The number of halogens is 1. The SMILES string of the molecule is CC1(C)C=CC=C(Br)N1. The van der Waals surface area contributed by atoms with E-state index < -0.39 is 0 Å². The van der Waals surface area contributed by atoms with Crippen LogP contribution in [-0.2, 0) is 0 Å². The van der Waals surface area contributed by atoms with Crippen LogP contribution in [0.15, 0.2) is 22.8 Å². The van der Waals surface area contributed by atoms with Crippen LogP contribution in [0, 0.1) is 0 Å². The molecule has 1 N–H and O–H groups in total. The van der Waals surface area contributed by atoms with E-state index in [2.05, 4.69) is 41.2 Å². The Bertz CT molecular complexity index is 168. The van der Waals surface area contributed by atoms with Crippen molar-refractivity contribution in [3.05, 3.63) is 22.8 Å². The lowest BCUT2D eigenvalue weighted by Gasteiger charge is -2.25. The normalized spacial score (nSPS) is 22.8. The van der Waals surface area contributed by atoms with Crippen LogP contribution in [0.5, 0.6) is 0 Å². The molecule has 2 heteroatoms. The average molecular weight is 188 g/mol. The molecule has 0 unspecified atom stereocenters. The summed E-state index contributed by atoms with van der Waals surface area (Å²) in [6, 6.07) is 0. The van der Waals surface area contributed by atoms with Crippen LogP contribution in [0.4, 0.5) is 0 Å². The second kappa shape index (κ2) is 2.18. The number of rotatable bonds is 0. The summed E-state index contributed by atoms with van der Waals surface area (Å²) in [5.41, 5.74) is 0.105. The Morgan fingerprint density at radius 2 is 2.22 bits per heavy atom. The smallest absolute Gasteiger partial charge is 0.0786 e. The molecule has 0 bridgehead atoms. The van der Waals surface area contributed by atoms with Gasteiger partial charge in [0.15, 0.2) is 0 Å². The van der Waals surface area contributed by atoms with Gasteiger partial charge >= 0.3 is 0 Å². The summed E-state index contributed by atoms with van der Waals surface area (Å²) in [6.07, 6.45) is 6.16. The van der Waals surface area contributed by atoms with Crippen LogP contribution in [0.25, 0.3) is 0 Å². The van der Waals surface area contributed by atoms with Gasteiger partial charge in [0.25, 0.3) is 0 Å². The summed E-state index contributed by atoms with van der Waals surface area (Å²) in [7, 11) is 0. The van der Waals surface area contributed by atoms with Crippen LogP contribution in [0.3, 0.4) is 0 Å². The molecule has 0 atom stereocenters. The first kappa shape index (κ1) is 6.87. The average Bonchev–Trinajstić information content (AvgIpc) is 1.60. The molecule has 1 aliphatic rings. The fraction of sp³-hybridized carbons (Fsp3) is 0.429. The highest BCUT2D eigenvalue weighted by atomic mass is 79.9. The molecule has 1 aliphatic heterocycles. The van der Waals surface area contributed by atoms with E-state index in [4.69, 9.17) is 0 Å². The number of hydrogen-bond acceptors (Lipinski definition) is 1. The topological polar surface area (TPSA) is 12.0 Å². The number of nitrogens with one attached hydrogen (secondary N) is 1. The zero-order chi connectivity index (χ0) is 6.91. The van der Waals surface area contributed by atoms with E-state index in [0.717, 1.165) is 4.61 Å². The molecule has 0 amide bonds. The monoisotopic (exact) mass is 187 g/mol. The summed E-state index contributed by atoms with van der Waals surface area (Å²) >= 11 is 3.36. The summed E-state index contributed by atoms with van der Waals surface area (Å²) in [4.78, 5) is 0. The molecule has 0 radical (unpaired) electrons. The predicted molar refractivity (Wildman–Crippen MR) is 43.4 cm³/mol. The quantitative estimate of drug-likeness (QED) is 0.574. The number of hydrogen-bond donors (Lipinski definition) is 1. The Balaban J connectivity index is 2.73. The molecule has 9 heavy (non-hydrogen) atoms. The molecule has 0 aromatic carbocycles. The van der Waals surface area contributed by atoms with Gasteiger partial charge in [-0.15, -0.1) is 0 Å². The second-order valence-electron chi connectivity index (χ2n) is 2.72. The lowest BCUT2D eigenvalue weighted by molar-refractivity contribution is 0.543. The van der Waals surface area contributed by atoms with Crippen LogP contribution < -0.4 is 5.32 Å². The minimum Gasteiger partial charge on any atom is -0.371 e. The highest BCUT2D eigenvalue weighted by Crippen LogP contribution is 2.15. The molecule has 0 saturated heterocycles. The zero-order valence-electron chi connectivity index (χ0n) is 5.61. The lowest BCUT2D eigenvalue weighted by atomic mass is 10.0. The maximum absolute atomic E-state index is 3.36. The van der Waals surface area contributed by atoms with Gasteiger partial charge in [-0.25, -0.2) is 0 Å².